The zero-order valence-corrected chi connectivity index (χ0v) is 13.3. The Morgan fingerprint density at radius 2 is 2.10 bits per heavy atom. The standard InChI is InChI=1S/C14H17N3OS2/c1-7-12(19-8(2)15-7)13-16-17-14(18-13)20-11-6-9-3-4-10(11)5-9/h9-11H,3-6H2,1-2H3/t9-,10-,11-/m0/s1. The first-order valence-corrected chi connectivity index (χ1v) is 8.83. The van der Waals surface area contributed by atoms with Crippen molar-refractivity contribution >= 4 is 23.1 Å². The van der Waals surface area contributed by atoms with Crippen LogP contribution < -0.4 is 0 Å². The number of thiazole rings is 1. The van der Waals surface area contributed by atoms with Gasteiger partial charge >= 0.3 is 0 Å². The minimum absolute atomic E-state index is 0.624. The highest BCUT2D eigenvalue weighted by Gasteiger charge is 2.40. The van der Waals surface area contributed by atoms with Gasteiger partial charge in [-0.25, -0.2) is 4.98 Å². The van der Waals surface area contributed by atoms with Gasteiger partial charge in [0.25, 0.3) is 11.1 Å². The monoisotopic (exact) mass is 307 g/mol. The quantitative estimate of drug-likeness (QED) is 0.855. The van der Waals surface area contributed by atoms with Gasteiger partial charge in [0.15, 0.2) is 0 Å². The van der Waals surface area contributed by atoms with Crippen molar-refractivity contribution in [2.45, 2.75) is 50.0 Å². The van der Waals surface area contributed by atoms with Crippen molar-refractivity contribution in [1.82, 2.24) is 15.2 Å². The SMILES string of the molecule is Cc1nc(C)c(-c2nnc(S[C@H]3C[C@H]4CC[C@H]3C4)o2)s1. The first-order chi connectivity index (χ1) is 9.69. The lowest BCUT2D eigenvalue weighted by atomic mass is 10.0. The van der Waals surface area contributed by atoms with Gasteiger partial charge in [0.05, 0.1) is 10.7 Å². The second kappa shape index (κ2) is 4.84. The van der Waals surface area contributed by atoms with E-state index in [0.717, 1.165) is 32.6 Å². The minimum atomic E-state index is 0.624. The molecule has 0 N–H and O–H groups in total. The third-order valence-corrected chi connectivity index (χ3v) is 6.74. The van der Waals surface area contributed by atoms with Gasteiger partial charge in [-0.15, -0.1) is 21.5 Å². The maximum atomic E-state index is 5.84. The summed E-state index contributed by atoms with van der Waals surface area (Å²) in [5.41, 5.74) is 0.979. The molecule has 0 aliphatic heterocycles. The topological polar surface area (TPSA) is 51.8 Å². The zero-order chi connectivity index (χ0) is 13.7. The molecule has 0 spiro atoms. The summed E-state index contributed by atoms with van der Waals surface area (Å²) in [6.45, 7) is 3.99. The van der Waals surface area contributed by atoms with Crippen LogP contribution in [-0.2, 0) is 0 Å². The Morgan fingerprint density at radius 1 is 1.20 bits per heavy atom. The highest BCUT2D eigenvalue weighted by molar-refractivity contribution is 7.99. The Morgan fingerprint density at radius 3 is 2.75 bits per heavy atom. The molecule has 0 unspecified atom stereocenters. The summed E-state index contributed by atoms with van der Waals surface area (Å²) in [6.07, 6.45) is 5.55. The summed E-state index contributed by atoms with van der Waals surface area (Å²) in [6, 6.07) is 0. The second-order valence-corrected chi connectivity index (χ2v) is 8.25. The fourth-order valence-electron chi connectivity index (χ4n) is 3.54. The molecule has 3 atom stereocenters. The molecule has 2 fully saturated rings. The summed E-state index contributed by atoms with van der Waals surface area (Å²) < 4.78 is 5.84. The minimum Gasteiger partial charge on any atom is -0.410 e. The lowest BCUT2D eigenvalue weighted by Crippen LogP contribution is -2.12. The fourth-order valence-corrected chi connectivity index (χ4v) is 5.66. The molecule has 2 heterocycles. The lowest BCUT2D eigenvalue weighted by Gasteiger charge is -2.18. The highest BCUT2D eigenvalue weighted by Crippen LogP contribution is 2.51. The van der Waals surface area contributed by atoms with Gasteiger partial charge in [-0.05, 0) is 44.9 Å². The Balaban J connectivity index is 1.52. The number of aryl methyl sites for hydroxylation is 2. The molecule has 106 valence electrons. The van der Waals surface area contributed by atoms with E-state index in [0.29, 0.717) is 11.1 Å². The number of nitrogens with zero attached hydrogens (tertiary/aromatic N) is 3. The predicted molar refractivity (Wildman–Crippen MR) is 80.0 cm³/mol. The molecular formula is C14H17N3OS2. The van der Waals surface area contributed by atoms with Crippen LogP contribution in [0.25, 0.3) is 10.8 Å². The van der Waals surface area contributed by atoms with Crippen LogP contribution in [0.1, 0.15) is 36.4 Å². The molecule has 20 heavy (non-hydrogen) atoms. The molecule has 4 rings (SSSR count). The number of thioether (sulfide) groups is 1. The normalized spacial score (nSPS) is 28.4. The summed E-state index contributed by atoms with van der Waals surface area (Å²) in [4.78, 5) is 5.42. The van der Waals surface area contributed by atoms with E-state index in [1.54, 1.807) is 23.1 Å². The van der Waals surface area contributed by atoms with Crippen LogP contribution in [0.4, 0.5) is 0 Å². The van der Waals surface area contributed by atoms with Crippen molar-refractivity contribution < 1.29 is 4.42 Å². The molecule has 0 aromatic carbocycles. The lowest BCUT2D eigenvalue weighted by molar-refractivity contribution is 0.454. The van der Waals surface area contributed by atoms with E-state index in [1.807, 2.05) is 13.8 Å². The van der Waals surface area contributed by atoms with Crippen LogP contribution in [0.2, 0.25) is 0 Å². The molecule has 2 aromatic heterocycles. The smallest absolute Gasteiger partial charge is 0.277 e. The Bertz CT molecular complexity index is 636. The summed E-state index contributed by atoms with van der Waals surface area (Å²) in [7, 11) is 0. The molecule has 0 radical (unpaired) electrons. The first-order valence-electron chi connectivity index (χ1n) is 7.13. The van der Waals surface area contributed by atoms with Gasteiger partial charge in [-0.1, -0.05) is 18.2 Å². The van der Waals surface area contributed by atoms with Crippen molar-refractivity contribution in [3.63, 3.8) is 0 Å². The van der Waals surface area contributed by atoms with Crippen molar-refractivity contribution in [2.75, 3.05) is 0 Å². The molecule has 2 aliphatic rings. The Labute approximate surface area is 126 Å². The summed E-state index contributed by atoms with van der Waals surface area (Å²) >= 11 is 3.41. The van der Waals surface area contributed by atoms with Gasteiger partial charge in [0.2, 0.25) is 0 Å². The molecule has 2 bridgehead atoms. The van der Waals surface area contributed by atoms with Crippen LogP contribution in [0.15, 0.2) is 9.64 Å². The molecular weight excluding hydrogens is 290 g/mol. The van der Waals surface area contributed by atoms with Crippen molar-refractivity contribution in [3.8, 4) is 10.8 Å². The van der Waals surface area contributed by atoms with Gasteiger partial charge in [-0.3, -0.25) is 0 Å². The molecule has 4 nitrogen and oxygen atoms in total. The largest absolute Gasteiger partial charge is 0.410 e. The van der Waals surface area contributed by atoms with E-state index in [-0.39, 0.29) is 0 Å². The van der Waals surface area contributed by atoms with Crippen molar-refractivity contribution in [3.05, 3.63) is 10.7 Å². The third-order valence-electron chi connectivity index (χ3n) is 4.43. The summed E-state index contributed by atoms with van der Waals surface area (Å²) in [5.74, 6) is 2.44. The second-order valence-electron chi connectivity index (χ2n) is 5.85. The number of aromatic nitrogens is 3. The predicted octanol–water partition coefficient (Wildman–Crippen LogP) is 4.09. The van der Waals surface area contributed by atoms with E-state index < -0.39 is 0 Å². The van der Waals surface area contributed by atoms with Gasteiger partial charge in [-0.2, -0.15) is 0 Å². The van der Waals surface area contributed by atoms with Crippen LogP contribution in [0.5, 0.6) is 0 Å². The molecule has 2 aliphatic carbocycles. The number of hydrogen-bond acceptors (Lipinski definition) is 6. The van der Waals surface area contributed by atoms with E-state index in [2.05, 4.69) is 15.2 Å². The molecule has 2 aromatic rings. The number of fused-ring (bicyclic) bond motifs is 2. The number of hydrogen-bond donors (Lipinski definition) is 0. The Kier molecular flexibility index (Phi) is 3.11. The molecule has 0 saturated heterocycles. The molecule has 0 amide bonds. The molecule has 6 heteroatoms. The Hall–Kier alpha value is -0.880. The third kappa shape index (κ3) is 2.19. The van der Waals surface area contributed by atoms with Crippen LogP contribution in [-0.4, -0.2) is 20.4 Å². The van der Waals surface area contributed by atoms with E-state index >= 15 is 0 Å². The fraction of sp³-hybridized carbons (Fsp3) is 0.643. The maximum Gasteiger partial charge on any atom is 0.277 e. The van der Waals surface area contributed by atoms with Crippen LogP contribution in [0.3, 0.4) is 0 Å². The van der Waals surface area contributed by atoms with Crippen molar-refractivity contribution in [1.29, 1.82) is 0 Å². The van der Waals surface area contributed by atoms with Crippen LogP contribution in [0, 0.1) is 25.7 Å². The first kappa shape index (κ1) is 12.8. The summed E-state index contributed by atoms with van der Waals surface area (Å²) in [5, 5.41) is 10.9. The van der Waals surface area contributed by atoms with Gasteiger partial charge < -0.3 is 4.42 Å². The average Bonchev–Trinajstić information content (AvgIpc) is 3.14. The zero-order valence-electron chi connectivity index (χ0n) is 11.6. The van der Waals surface area contributed by atoms with Crippen molar-refractivity contribution in [2.24, 2.45) is 11.8 Å². The van der Waals surface area contributed by atoms with Crippen LogP contribution >= 0.6 is 23.1 Å². The molecule has 2 saturated carbocycles. The van der Waals surface area contributed by atoms with E-state index in [4.69, 9.17) is 4.42 Å². The van der Waals surface area contributed by atoms with Gasteiger partial charge in [0.1, 0.15) is 4.88 Å². The highest BCUT2D eigenvalue weighted by atomic mass is 32.2. The number of rotatable bonds is 3. The average molecular weight is 307 g/mol. The van der Waals surface area contributed by atoms with Gasteiger partial charge in [0, 0.05) is 5.25 Å². The van der Waals surface area contributed by atoms with E-state index in [1.165, 1.54) is 25.7 Å². The van der Waals surface area contributed by atoms with E-state index in [9.17, 15) is 0 Å². The maximum absolute atomic E-state index is 5.84.